The van der Waals surface area contributed by atoms with Gasteiger partial charge in [0, 0.05) is 0 Å². The standard InChI is InChI=1S/C3H3B2F3/c1-2(4,5)3(6,7)8/h1H3. The molecule has 0 aliphatic carbocycles. The summed E-state index contributed by atoms with van der Waals surface area (Å²) in [7, 11) is 8.93. The van der Waals surface area contributed by atoms with Crippen LogP contribution in [0.25, 0.3) is 0 Å². The minimum atomic E-state index is -4.51. The first-order valence-electron chi connectivity index (χ1n) is 1.89. The second-order valence-corrected chi connectivity index (χ2v) is 1.78. The molecule has 0 nitrogen and oxygen atoms in total. The number of rotatable bonds is 0. The summed E-state index contributed by atoms with van der Waals surface area (Å²) in [6.07, 6.45) is -4.51. The van der Waals surface area contributed by atoms with E-state index in [4.69, 9.17) is 0 Å². The lowest BCUT2D eigenvalue weighted by Gasteiger charge is -2.22. The smallest absolute Gasteiger partial charge is 0.172 e. The first-order chi connectivity index (χ1) is 3.25. The first-order valence-corrected chi connectivity index (χ1v) is 1.89. The van der Waals surface area contributed by atoms with Crippen LogP contribution < -0.4 is 0 Å². The molecule has 0 saturated carbocycles. The van der Waals surface area contributed by atoms with E-state index < -0.39 is 11.4 Å². The third-order valence-electron chi connectivity index (χ3n) is 0.611. The van der Waals surface area contributed by atoms with Crippen molar-refractivity contribution in [2.24, 2.45) is 0 Å². The predicted molar refractivity (Wildman–Crippen MR) is 25.9 cm³/mol. The van der Waals surface area contributed by atoms with Crippen molar-refractivity contribution in [1.29, 1.82) is 0 Å². The van der Waals surface area contributed by atoms with Gasteiger partial charge in [-0.2, -0.15) is 13.2 Å². The fourth-order valence-corrected chi connectivity index (χ4v) is 0. The molecule has 8 heavy (non-hydrogen) atoms. The van der Waals surface area contributed by atoms with Crippen LogP contribution in [0.5, 0.6) is 0 Å². The fraction of sp³-hybridized carbons (Fsp3) is 1.00. The summed E-state index contributed by atoms with van der Waals surface area (Å²) in [6.45, 7) is 0.701. The van der Waals surface area contributed by atoms with Gasteiger partial charge in [0.2, 0.25) is 0 Å². The molecule has 0 amide bonds. The molecule has 0 bridgehead atoms. The first kappa shape index (κ1) is 7.92. The molecule has 42 valence electrons. The zero-order valence-electron chi connectivity index (χ0n) is 4.29. The highest BCUT2D eigenvalue weighted by Crippen LogP contribution is 2.37. The maximum absolute atomic E-state index is 11.3. The Morgan fingerprint density at radius 2 is 1.25 bits per heavy atom. The zero-order chi connectivity index (χ0) is 7.00. The van der Waals surface area contributed by atoms with Gasteiger partial charge in [0.05, 0.1) is 15.7 Å². The predicted octanol–water partition coefficient (Wildman–Crippen LogP) is 1.02. The van der Waals surface area contributed by atoms with Crippen LogP contribution in [0.3, 0.4) is 0 Å². The third kappa shape index (κ3) is 1.80. The van der Waals surface area contributed by atoms with Gasteiger partial charge < -0.3 is 0 Å². The van der Waals surface area contributed by atoms with Crippen LogP contribution in [0, 0.1) is 0 Å². The number of alkyl halides is 3. The molecule has 0 fully saturated rings. The van der Waals surface area contributed by atoms with Gasteiger partial charge in [-0.25, -0.2) is 0 Å². The van der Waals surface area contributed by atoms with Gasteiger partial charge >= 0.3 is 6.18 Å². The van der Waals surface area contributed by atoms with E-state index in [2.05, 4.69) is 15.7 Å². The molecule has 0 rings (SSSR count). The maximum Gasteiger partial charge on any atom is 0.379 e. The number of halogens is 3. The summed E-state index contributed by atoms with van der Waals surface area (Å²) in [4.78, 5) is 0. The van der Waals surface area contributed by atoms with E-state index in [-0.39, 0.29) is 0 Å². The molecule has 0 saturated heterocycles. The molecular weight excluding hydrogens is 115 g/mol. The Morgan fingerprint density at radius 1 is 1.12 bits per heavy atom. The lowest BCUT2D eigenvalue weighted by atomic mass is 9.55. The van der Waals surface area contributed by atoms with E-state index in [1.807, 2.05) is 0 Å². The SMILES string of the molecule is [B]C([B])(C)C(F)(F)F. The van der Waals surface area contributed by atoms with Crippen molar-refractivity contribution in [3.63, 3.8) is 0 Å². The zero-order valence-corrected chi connectivity index (χ0v) is 4.29. The van der Waals surface area contributed by atoms with Gasteiger partial charge in [0.25, 0.3) is 0 Å². The van der Waals surface area contributed by atoms with Crippen LogP contribution in [0.4, 0.5) is 13.2 Å². The molecule has 4 radical (unpaired) electrons. The van der Waals surface area contributed by atoms with Crippen LogP contribution >= 0.6 is 0 Å². The average Bonchev–Trinajstić information content (AvgIpc) is 1.25. The molecule has 0 aliphatic heterocycles. The quantitative estimate of drug-likeness (QED) is 0.416. The highest BCUT2D eigenvalue weighted by atomic mass is 19.4. The molecule has 5 heteroatoms. The van der Waals surface area contributed by atoms with Crippen molar-refractivity contribution < 1.29 is 13.2 Å². The molecule has 0 heterocycles. The van der Waals surface area contributed by atoms with Crippen LogP contribution in [0.2, 0.25) is 5.21 Å². The molecular formula is C3H3B2F3. The summed E-state index contributed by atoms with van der Waals surface area (Å²) in [6, 6.07) is 0. The molecule has 0 aromatic heterocycles. The van der Waals surface area contributed by atoms with Crippen molar-refractivity contribution in [2.75, 3.05) is 0 Å². The van der Waals surface area contributed by atoms with Gasteiger partial charge in [-0.3, -0.25) is 0 Å². The summed E-state index contributed by atoms with van der Waals surface area (Å²) >= 11 is 0. The molecule has 0 aromatic carbocycles. The minimum Gasteiger partial charge on any atom is -0.172 e. The van der Waals surface area contributed by atoms with E-state index >= 15 is 0 Å². The largest absolute Gasteiger partial charge is 0.379 e. The Bertz CT molecular complexity index is 67.5. The van der Waals surface area contributed by atoms with Crippen molar-refractivity contribution >= 4 is 15.7 Å². The molecule has 0 N–H and O–H groups in total. The highest BCUT2D eigenvalue weighted by Gasteiger charge is 2.41. The Balaban J connectivity index is 4.02. The molecule has 0 atom stereocenters. The number of hydrogen-bond donors (Lipinski definition) is 0. The van der Waals surface area contributed by atoms with Gasteiger partial charge in [-0.15, -0.1) is 0 Å². The van der Waals surface area contributed by atoms with E-state index in [9.17, 15) is 13.2 Å². The van der Waals surface area contributed by atoms with Crippen molar-refractivity contribution in [2.45, 2.75) is 18.3 Å². The van der Waals surface area contributed by atoms with Gasteiger partial charge in [0.1, 0.15) is 0 Å². The van der Waals surface area contributed by atoms with Crippen molar-refractivity contribution in [3.05, 3.63) is 0 Å². The monoisotopic (exact) mass is 118 g/mol. The summed E-state index contributed by atoms with van der Waals surface area (Å²) < 4.78 is 33.9. The molecule has 0 unspecified atom stereocenters. The third-order valence-corrected chi connectivity index (χ3v) is 0.611. The van der Waals surface area contributed by atoms with Crippen molar-refractivity contribution in [3.8, 4) is 0 Å². The van der Waals surface area contributed by atoms with E-state index in [1.165, 1.54) is 0 Å². The van der Waals surface area contributed by atoms with E-state index in [0.717, 1.165) is 0 Å². The topological polar surface area (TPSA) is 0 Å². The average molecular weight is 118 g/mol. The molecule has 0 aromatic rings. The summed E-state index contributed by atoms with van der Waals surface area (Å²) in [5.41, 5.74) is 0. The van der Waals surface area contributed by atoms with E-state index in [1.54, 1.807) is 0 Å². The van der Waals surface area contributed by atoms with Gasteiger partial charge in [-0.05, 0) is 5.21 Å². The van der Waals surface area contributed by atoms with Crippen LogP contribution in [-0.2, 0) is 0 Å². The lowest BCUT2D eigenvalue weighted by Crippen LogP contribution is -2.28. The second-order valence-electron chi connectivity index (χ2n) is 1.78. The Hall–Kier alpha value is -0.0801. The highest BCUT2D eigenvalue weighted by molar-refractivity contribution is 6.40. The van der Waals surface area contributed by atoms with Gasteiger partial charge in [-0.1, -0.05) is 6.92 Å². The Morgan fingerprint density at radius 3 is 1.25 bits per heavy atom. The Labute approximate surface area is 48.3 Å². The molecule has 0 aliphatic rings. The minimum absolute atomic E-state index is 0.701. The molecule has 0 spiro atoms. The van der Waals surface area contributed by atoms with Crippen LogP contribution in [0.1, 0.15) is 6.92 Å². The van der Waals surface area contributed by atoms with E-state index in [0.29, 0.717) is 6.92 Å². The Kier molecular flexibility index (Phi) is 1.69. The lowest BCUT2D eigenvalue weighted by molar-refractivity contribution is -0.140. The normalized spacial score (nSPS) is 14.0. The maximum atomic E-state index is 11.3. The summed E-state index contributed by atoms with van der Waals surface area (Å²) in [5.74, 6) is 0. The van der Waals surface area contributed by atoms with Crippen LogP contribution in [0.15, 0.2) is 0 Å². The van der Waals surface area contributed by atoms with Crippen LogP contribution in [-0.4, -0.2) is 21.9 Å². The second kappa shape index (κ2) is 1.71. The number of hydrogen-bond acceptors (Lipinski definition) is 0. The van der Waals surface area contributed by atoms with Crippen molar-refractivity contribution in [1.82, 2.24) is 0 Å². The van der Waals surface area contributed by atoms with Gasteiger partial charge in [0.15, 0.2) is 0 Å². The fourth-order valence-electron chi connectivity index (χ4n) is 0. The summed E-state index contributed by atoms with van der Waals surface area (Å²) in [5, 5.41) is -2.56.